The van der Waals surface area contributed by atoms with Crippen molar-refractivity contribution in [1.82, 2.24) is 10.3 Å². The zero-order valence-corrected chi connectivity index (χ0v) is 14.5. The number of aryl methyl sites for hydroxylation is 1. The van der Waals surface area contributed by atoms with Gasteiger partial charge in [0.2, 0.25) is 0 Å². The highest BCUT2D eigenvalue weighted by Crippen LogP contribution is 2.16. The minimum atomic E-state index is -0.709. The maximum absolute atomic E-state index is 12.8. The molecule has 0 aliphatic rings. The summed E-state index contributed by atoms with van der Waals surface area (Å²) in [5.74, 6) is -0.764. The average molecular weight is 348 g/mol. The minimum Gasteiger partial charge on any atom is -0.467 e. The minimum absolute atomic E-state index is 0.313. The Bertz CT molecular complexity index is 904. The number of aromatic nitrogens is 1. The molecule has 0 aliphatic heterocycles. The number of fused-ring (bicyclic) bond motifs is 1. The zero-order chi connectivity index (χ0) is 18.4. The molecular formula is C21H20N2O3. The van der Waals surface area contributed by atoms with Crippen LogP contribution in [-0.2, 0) is 16.0 Å². The van der Waals surface area contributed by atoms with E-state index in [9.17, 15) is 9.59 Å². The number of carbonyl (C=O) groups excluding carboxylic acids is 2. The van der Waals surface area contributed by atoms with E-state index < -0.39 is 12.0 Å². The van der Waals surface area contributed by atoms with Crippen molar-refractivity contribution in [2.24, 2.45) is 0 Å². The van der Waals surface area contributed by atoms with Gasteiger partial charge in [0.1, 0.15) is 6.04 Å². The molecule has 3 rings (SSSR count). The molecule has 0 saturated heterocycles. The lowest BCUT2D eigenvalue weighted by atomic mass is 10.0. The highest BCUT2D eigenvalue weighted by Gasteiger charge is 2.23. The van der Waals surface area contributed by atoms with Crippen LogP contribution in [0, 0.1) is 0 Å². The van der Waals surface area contributed by atoms with Gasteiger partial charge >= 0.3 is 5.97 Å². The molecule has 1 amide bonds. The Kier molecular flexibility index (Phi) is 5.59. The van der Waals surface area contributed by atoms with Crippen LogP contribution in [0.3, 0.4) is 0 Å². The molecule has 1 N–H and O–H groups in total. The summed E-state index contributed by atoms with van der Waals surface area (Å²) in [5.41, 5.74) is 2.33. The Morgan fingerprint density at radius 2 is 1.77 bits per heavy atom. The van der Waals surface area contributed by atoms with E-state index in [-0.39, 0.29) is 5.91 Å². The maximum Gasteiger partial charge on any atom is 0.328 e. The summed E-state index contributed by atoms with van der Waals surface area (Å²) in [6.07, 6.45) is 2.72. The van der Waals surface area contributed by atoms with E-state index in [1.165, 1.54) is 7.11 Å². The van der Waals surface area contributed by atoms with E-state index in [0.717, 1.165) is 16.5 Å². The summed E-state index contributed by atoms with van der Waals surface area (Å²) in [7, 11) is 1.33. The largest absolute Gasteiger partial charge is 0.467 e. The number of methoxy groups -OCH3 is 1. The number of rotatable bonds is 6. The van der Waals surface area contributed by atoms with Crippen molar-refractivity contribution in [3.8, 4) is 0 Å². The van der Waals surface area contributed by atoms with Gasteiger partial charge < -0.3 is 10.1 Å². The first-order valence-corrected chi connectivity index (χ1v) is 8.45. The molecule has 1 atom stereocenters. The van der Waals surface area contributed by atoms with Gasteiger partial charge in [-0.15, -0.1) is 0 Å². The second kappa shape index (κ2) is 8.25. The molecule has 2 aromatic carbocycles. The fraction of sp³-hybridized carbons (Fsp3) is 0.190. The maximum atomic E-state index is 12.8. The van der Waals surface area contributed by atoms with Crippen LogP contribution in [-0.4, -0.2) is 30.0 Å². The average Bonchev–Trinajstić information content (AvgIpc) is 2.70. The van der Waals surface area contributed by atoms with E-state index in [0.29, 0.717) is 18.4 Å². The molecule has 1 aromatic heterocycles. The molecule has 0 spiro atoms. The molecule has 0 saturated carbocycles. The molecule has 0 fully saturated rings. The Labute approximate surface area is 152 Å². The molecule has 5 nitrogen and oxygen atoms in total. The number of nitrogens with one attached hydrogen (secondary N) is 1. The second-order valence-corrected chi connectivity index (χ2v) is 5.95. The molecule has 0 aliphatic carbocycles. The fourth-order valence-corrected chi connectivity index (χ4v) is 2.88. The molecule has 1 heterocycles. The van der Waals surface area contributed by atoms with Gasteiger partial charge in [0.15, 0.2) is 0 Å². The summed E-state index contributed by atoms with van der Waals surface area (Å²) < 4.78 is 4.86. The number of amides is 1. The second-order valence-electron chi connectivity index (χ2n) is 5.95. The summed E-state index contributed by atoms with van der Waals surface area (Å²) in [6.45, 7) is 0. The molecule has 0 unspecified atom stereocenters. The van der Waals surface area contributed by atoms with Crippen molar-refractivity contribution in [3.05, 3.63) is 78.0 Å². The standard InChI is InChI=1S/C21H20N2O3/c1-26-21(25)19(12-11-15-7-3-2-4-8-15)23-20(24)17-13-14-22-18-10-6-5-9-16(17)18/h2-10,13-14,19H,11-12H2,1H3,(H,23,24)/t19-/m1/s1. The number of carbonyl (C=O) groups is 2. The van der Waals surface area contributed by atoms with Gasteiger partial charge in [0, 0.05) is 11.6 Å². The molecule has 3 aromatic rings. The molecule has 5 heteroatoms. The van der Waals surface area contributed by atoms with Crippen molar-refractivity contribution in [1.29, 1.82) is 0 Å². The Hall–Kier alpha value is -3.21. The van der Waals surface area contributed by atoms with Gasteiger partial charge in [-0.25, -0.2) is 4.79 Å². The van der Waals surface area contributed by atoms with Crippen LogP contribution in [0.2, 0.25) is 0 Å². The number of hydrogen-bond donors (Lipinski definition) is 1. The summed E-state index contributed by atoms with van der Waals surface area (Å²) in [6, 6.07) is 18.2. The predicted molar refractivity (Wildman–Crippen MR) is 99.8 cm³/mol. The normalized spacial score (nSPS) is 11.7. The molecule has 26 heavy (non-hydrogen) atoms. The van der Waals surface area contributed by atoms with E-state index in [4.69, 9.17) is 4.74 Å². The van der Waals surface area contributed by atoms with Gasteiger partial charge in [-0.2, -0.15) is 0 Å². The number of ether oxygens (including phenoxy) is 1. The smallest absolute Gasteiger partial charge is 0.328 e. The van der Waals surface area contributed by atoms with Crippen LogP contribution in [0.25, 0.3) is 10.9 Å². The van der Waals surface area contributed by atoms with Gasteiger partial charge in [0.05, 0.1) is 18.2 Å². The van der Waals surface area contributed by atoms with E-state index in [1.807, 2.05) is 54.6 Å². The first-order chi connectivity index (χ1) is 12.7. The molecule has 0 bridgehead atoms. The number of benzene rings is 2. The SMILES string of the molecule is COC(=O)[C@@H](CCc1ccccc1)NC(=O)c1ccnc2ccccc12. The van der Waals surface area contributed by atoms with Crippen molar-refractivity contribution < 1.29 is 14.3 Å². The third kappa shape index (κ3) is 4.06. The van der Waals surface area contributed by atoms with Crippen LogP contribution < -0.4 is 5.32 Å². The van der Waals surface area contributed by atoms with E-state index >= 15 is 0 Å². The summed E-state index contributed by atoms with van der Waals surface area (Å²) in [5, 5.41) is 3.55. The summed E-state index contributed by atoms with van der Waals surface area (Å²) >= 11 is 0. The third-order valence-corrected chi connectivity index (χ3v) is 4.25. The van der Waals surface area contributed by atoms with Gasteiger partial charge in [-0.05, 0) is 30.5 Å². The molecule has 0 radical (unpaired) electrons. The fourth-order valence-electron chi connectivity index (χ4n) is 2.88. The van der Waals surface area contributed by atoms with Gasteiger partial charge in [-0.1, -0.05) is 48.5 Å². The topological polar surface area (TPSA) is 68.3 Å². The first kappa shape index (κ1) is 17.6. The monoisotopic (exact) mass is 348 g/mol. The van der Waals surface area contributed by atoms with Crippen molar-refractivity contribution in [2.45, 2.75) is 18.9 Å². The van der Waals surface area contributed by atoms with Crippen molar-refractivity contribution in [2.75, 3.05) is 7.11 Å². The van der Waals surface area contributed by atoms with Crippen LogP contribution in [0.5, 0.6) is 0 Å². The molecule has 132 valence electrons. The zero-order valence-electron chi connectivity index (χ0n) is 14.5. The highest BCUT2D eigenvalue weighted by atomic mass is 16.5. The quantitative estimate of drug-likeness (QED) is 0.695. The van der Waals surface area contributed by atoms with Crippen LogP contribution in [0.15, 0.2) is 66.9 Å². The van der Waals surface area contributed by atoms with Crippen molar-refractivity contribution >= 4 is 22.8 Å². The Morgan fingerprint density at radius 3 is 2.54 bits per heavy atom. The van der Waals surface area contributed by atoms with Crippen LogP contribution in [0.4, 0.5) is 0 Å². The van der Waals surface area contributed by atoms with Crippen LogP contribution in [0.1, 0.15) is 22.3 Å². The highest BCUT2D eigenvalue weighted by molar-refractivity contribution is 6.07. The first-order valence-electron chi connectivity index (χ1n) is 8.45. The lowest BCUT2D eigenvalue weighted by Crippen LogP contribution is -2.42. The number of para-hydroxylation sites is 1. The number of nitrogens with zero attached hydrogens (tertiary/aromatic N) is 1. The van der Waals surface area contributed by atoms with E-state index in [1.54, 1.807) is 12.3 Å². The predicted octanol–water partition coefficient (Wildman–Crippen LogP) is 3.14. The van der Waals surface area contributed by atoms with E-state index in [2.05, 4.69) is 10.3 Å². The third-order valence-electron chi connectivity index (χ3n) is 4.25. The van der Waals surface area contributed by atoms with Crippen LogP contribution >= 0.6 is 0 Å². The number of hydrogen-bond acceptors (Lipinski definition) is 4. The lowest BCUT2D eigenvalue weighted by Gasteiger charge is -2.17. The Balaban J connectivity index is 1.77. The van der Waals surface area contributed by atoms with Gasteiger partial charge in [0.25, 0.3) is 5.91 Å². The molecular weight excluding hydrogens is 328 g/mol. The number of pyridine rings is 1. The Morgan fingerprint density at radius 1 is 1.04 bits per heavy atom. The van der Waals surface area contributed by atoms with Crippen molar-refractivity contribution in [3.63, 3.8) is 0 Å². The summed E-state index contributed by atoms with van der Waals surface area (Å²) in [4.78, 5) is 29.1. The van der Waals surface area contributed by atoms with Gasteiger partial charge in [-0.3, -0.25) is 9.78 Å². The lowest BCUT2D eigenvalue weighted by molar-refractivity contribution is -0.143. The number of esters is 1.